The lowest BCUT2D eigenvalue weighted by Crippen LogP contribution is -2.45. The minimum atomic E-state index is -0.816. The summed E-state index contributed by atoms with van der Waals surface area (Å²) in [5.74, 6) is -0.406. The first kappa shape index (κ1) is 17.2. The average molecular weight is 433 g/mol. The number of benzene rings is 2. The van der Waals surface area contributed by atoms with Crippen LogP contribution in [0.25, 0.3) is 0 Å². The van der Waals surface area contributed by atoms with E-state index in [1.54, 1.807) is 12.2 Å². The zero-order valence-electron chi connectivity index (χ0n) is 13.7. The van der Waals surface area contributed by atoms with Gasteiger partial charge in [0.05, 0.1) is 18.1 Å². The van der Waals surface area contributed by atoms with Crippen LogP contribution in [0.5, 0.6) is 0 Å². The largest absolute Gasteiger partial charge is 0.394 e. The Morgan fingerprint density at radius 1 is 1.17 bits per heavy atom. The Hall–Kier alpha value is -1.66. The third-order valence-electron chi connectivity index (χ3n) is 4.56. The lowest BCUT2D eigenvalue weighted by molar-refractivity contribution is -0.116. The van der Waals surface area contributed by atoms with Crippen LogP contribution >= 0.6 is 22.6 Å². The normalized spacial score (nSPS) is 22.8. The van der Waals surface area contributed by atoms with Gasteiger partial charge in [-0.3, -0.25) is 4.79 Å². The van der Waals surface area contributed by atoms with Crippen molar-refractivity contribution >= 4 is 34.1 Å². The van der Waals surface area contributed by atoms with Crippen LogP contribution in [-0.2, 0) is 4.79 Å². The van der Waals surface area contributed by atoms with Gasteiger partial charge in [-0.1, -0.05) is 29.8 Å². The molecule has 0 bridgehead atoms. The van der Waals surface area contributed by atoms with Gasteiger partial charge in [0.1, 0.15) is 0 Å². The van der Waals surface area contributed by atoms with Crippen LogP contribution in [0.3, 0.4) is 0 Å². The molecule has 2 aromatic rings. The van der Waals surface area contributed by atoms with Crippen molar-refractivity contribution in [2.24, 2.45) is 0 Å². The molecule has 0 unspecified atom stereocenters. The second-order valence-electron chi connectivity index (χ2n) is 6.36. The Balaban J connectivity index is 2.02. The van der Waals surface area contributed by atoms with Crippen molar-refractivity contribution in [1.29, 1.82) is 0 Å². The van der Waals surface area contributed by atoms with Gasteiger partial charge in [-0.15, -0.1) is 0 Å². The Morgan fingerprint density at radius 2 is 1.88 bits per heavy atom. The fourth-order valence-electron chi connectivity index (χ4n) is 3.36. The molecule has 4 heteroatoms. The molecule has 0 saturated carbocycles. The molecule has 1 aliphatic rings. The SMILES string of the molecule is Cc1ccc([C@H]2C(=O)C=C[C@]2(CO)Nc2ccc(I)cc2)c(C)c1. The summed E-state index contributed by atoms with van der Waals surface area (Å²) in [6.45, 7) is 3.90. The number of nitrogens with one attached hydrogen (secondary N) is 1. The first-order valence-corrected chi connectivity index (χ1v) is 8.98. The molecule has 3 rings (SSSR count). The number of carbonyl (C=O) groups is 1. The lowest BCUT2D eigenvalue weighted by Gasteiger charge is -2.35. The fraction of sp³-hybridized carbons (Fsp3) is 0.250. The lowest BCUT2D eigenvalue weighted by atomic mass is 9.79. The summed E-state index contributed by atoms with van der Waals surface area (Å²) in [5.41, 5.74) is 3.26. The second-order valence-corrected chi connectivity index (χ2v) is 7.60. The van der Waals surface area contributed by atoms with E-state index < -0.39 is 11.5 Å². The smallest absolute Gasteiger partial charge is 0.165 e. The van der Waals surface area contributed by atoms with Crippen molar-refractivity contribution in [2.45, 2.75) is 25.3 Å². The monoisotopic (exact) mass is 433 g/mol. The van der Waals surface area contributed by atoms with Gasteiger partial charge in [-0.05, 0) is 77.9 Å². The van der Waals surface area contributed by atoms with Crippen LogP contribution in [0.1, 0.15) is 22.6 Å². The molecule has 2 atom stereocenters. The van der Waals surface area contributed by atoms with Crippen LogP contribution in [0.15, 0.2) is 54.6 Å². The van der Waals surface area contributed by atoms with Gasteiger partial charge in [0.25, 0.3) is 0 Å². The van der Waals surface area contributed by atoms with E-state index in [1.807, 2.05) is 50.2 Å². The standard InChI is InChI=1S/C20H20INO2/c1-13-3-8-17(14(2)11-13)19-18(24)9-10-20(19,12-23)22-16-6-4-15(21)5-7-16/h3-11,19,22-23H,12H2,1-2H3/t19-,20+/m0/s1. The van der Waals surface area contributed by atoms with Crippen molar-refractivity contribution in [3.63, 3.8) is 0 Å². The predicted molar refractivity (Wildman–Crippen MR) is 105 cm³/mol. The Labute approximate surface area is 155 Å². The van der Waals surface area contributed by atoms with E-state index in [0.717, 1.165) is 25.9 Å². The van der Waals surface area contributed by atoms with Crippen LogP contribution in [0.4, 0.5) is 5.69 Å². The predicted octanol–water partition coefficient (Wildman–Crippen LogP) is 3.97. The summed E-state index contributed by atoms with van der Waals surface area (Å²) in [7, 11) is 0. The maximum Gasteiger partial charge on any atom is 0.165 e. The first-order valence-electron chi connectivity index (χ1n) is 7.90. The van der Waals surface area contributed by atoms with Crippen molar-refractivity contribution in [2.75, 3.05) is 11.9 Å². The van der Waals surface area contributed by atoms with Gasteiger partial charge in [0, 0.05) is 9.26 Å². The molecule has 0 saturated heterocycles. The van der Waals surface area contributed by atoms with Crippen molar-refractivity contribution in [3.05, 3.63) is 74.9 Å². The quantitative estimate of drug-likeness (QED) is 0.718. The minimum absolute atomic E-state index is 0.0222. The van der Waals surface area contributed by atoms with Crippen LogP contribution in [-0.4, -0.2) is 23.0 Å². The molecule has 0 fully saturated rings. The molecule has 24 heavy (non-hydrogen) atoms. The summed E-state index contributed by atoms with van der Waals surface area (Å²) < 4.78 is 1.14. The van der Waals surface area contributed by atoms with Crippen molar-refractivity contribution in [3.8, 4) is 0 Å². The zero-order chi connectivity index (χ0) is 17.3. The highest BCUT2D eigenvalue weighted by Crippen LogP contribution is 2.39. The van der Waals surface area contributed by atoms with Gasteiger partial charge >= 0.3 is 0 Å². The topological polar surface area (TPSA) is 49.3 Å². The number of halogens is 1. The summed E-state index contributed by atoms with van der Waals surface area (Å²) >= 11 is 2.25. The van der Waals surface area contributed by atoms with E-state index in [0.29, 0.717) is 0 Å². The molecule has 1 aliphatic carbocycles. The summed E-state index contributed by atoms with van der Waals surface area (Å²) in [5, 5.41) is 13.6. The highest BCUT2D eigenvalue weighted by molar-refractivity contribution is 14.1. The Bertz CT molecular complexity index is 798. The highest BCUT2D eigenvalue weighted by Gasteiger charge is 2.45. The maximum absolute atomic E-state index is 12.6. The number of anilines is 1. The molecule has 0 amide bonds. The number of ketones is 1. The van der Waals surface area contributed by atoms with Crippen molar-refractivity contribution < 1.29 is 9.90 Å². The minimum Gasteiger partial charge on any atom is -0.394 e. The molecule has 0 aliphatic heterocycles. The number of hydrogen-bond donors (Lipinski definition) is 2. The molecule has 0 radical (unpaired) electrons. The van der Waals surface area contributed by atoms with E-state index in [4.69, 9.17) is 0 Å². The van der Waals surface area contributed by atoms with E-state index in [1.165, 1.54) is 0 Å². The molecule has 2 aromatic carbocycles. The zero-order valence-corrected chi connectivity index (χ0v) is 15.9. The van der Waals surface area contributed by atoms with E-state index >= 15 is 0 Å². The number of aliphatic hydroxyl groups excluding tert-OH is 1. The van der Waals surface area contributed by atoms with Crippen LogP contribution < -0.4 is 5.32 Å². The van der Waals surface area contributed by atoms with Gasteiger partial charge in [0.2, 0.25) is 0 Å². The third kappa shape index (κ3) is 3.13. The van der Waals surface area contributed by atoms with Crippen LogP contribution in [0.2, 0.25) is 0 Å². The number of rotatable bonds is 4. The number of aliphatic hydroxyl groups is 1. The highest BCUT2D eigenvalue weighted by atomic mass is 127. The summed E-state index contributed by atoms with van der Waals surface area (Å²) in [6.07, 6.45) is 3.39. The second kappa shape index (κ2) is 6.69. The molecule has 3 nitrogen and oxygen atoms in total. The fourth-order valence-corrected chi connectivity index (χ4v) is 3.72. The van der Waals surface area contributed by atoms with E-state index in [2.05, 4.69) is 34.0 Å². The maximum atomic E-state index is 12.6. The number of hydrogen-bond acceptors (Lipinski definition) is 3. The third-order valence-corrected chi connectivity index (χ3v) is 5.28. The van der Waals surface area contributed by atoms with Gasteiger partial charge in [0.15, 0.2) is 5.78 Å². The Morgan fingerprint density at radius 3 is 2.50 bits per heavy atom. The number of allylic oxidation sites excluding steroid dienone is 1. The molecular formula is C20H20INO2. The molecule has 0 heterocycles. The molecule has 0 aromatic heterocycles. The molecule has 2 N–H and O–H groups in total. The van der Waals surface area contributed by atoms with Gasteiger partial charge < -0.3 is 10.4 Å². The van der Waals surface area contributed by atoms with E-state index in [-0.39, 0.29) is 12.4 Å². The molecular weight excluding hydrogens is 413 g/mol. The first-order chi connectivity index (χ1) is 11.4. The Kier molecular flexibility index (Phi) is 4.78. The van der Waals surface area contributed by atoms with Gasteiger partial charge in [-0.2, -0.15) is 0 Å². The summed E-state index contributed by atoms with van der Waals surface area (Å²) in [4.78, 5) is 12.6. The molecule has 124 valence electrons. The van der Waals surface area contributed by atoms with E-state index in [9.17, 15) is 9.90 Å². The average Bonchev–Trinajstić information content (AvgIpc) is 2.87. The number of carbonyl (C=O) groups excluding carboxylic acids is 1. The van der Waals surface area contributed by atoms with Crippen LogP contribution in [0, 0.1) is 17.4 Å². The van der Waals surface area contributed by atoms with Crippen molar-refractivity contribution in [1.82, 2.24) is 0 Å². The molecule has 0 spiro atoms. The number of aryl methyl sites for hydroxylation is 2. The van der Waals surface area contributed by atoms with Gasteiger partial charge in [-0.25, -0.2) is 0 Å². The summed E-state index contributed by atoms with van der Waals surface area (Å²) in [6, 6.07) is 14.0.